The number of rotatable bonds is 10. The van der Waals surface area contributed by atoms with E-state index in [0.29, 0.717) is 44.2 Å². The molecule has 0 saturated carbocycles. The summed E-state index contributed by atoms with van der Waals surface area (Å²) in [6.07, 6.45) is 1.70. The summed E-state index contributed by atoms with van der Waals surface area (Å²) in [5.41, 5.74) is 0.981. The molecule has 1 aliphatic carbocycles. The van der Waals surface area contributed by atoms with Crippen LogP contribution in [0.2, 0.25) is 0 Å². The van der Waals surface area contributed by atoms with Crippen LogP contribution in [0.1, 0.15) is 58.5 Å². The summed E-state index contributed by atoms with van der Waals surface area (Å²) in [7, 11) is 0. The van der Waals surface area contributed by atoms with E-state index in [4.69, 9.17) is 10.2 Å². The molecule has 0 heterocycles. The molecule has 0 unspecified atom stereocenters. The minimum absolute atomic E-state index is 0.0275. The zero-order valence-corrected chi connectivity index (χ0v) is 19.1. The fourth-order valence-electron chi connectivity index (χ4n) is 3.41. The highest BCUT2D eigenvalue weighted by atomic mass is 16.3. The van der Waals surface area contributed by atoms with Crippen molar-refractivity contribution in [2.45, 2.75) is 26.7 Å². The normalized spacial score (nSPS) is 11.9. The molecular weight excluding hydrogens is 426 g/mol. The summed E-state index contributed by atoms with van der Waals surface area (Å²) in [6, 6.07) is 5.86. The Balaban J connectivity index is 0.000000890. The monoisotopic (exact) mass is 459 g/mol. The van der Waals surface area contributed by atoms with Gasteiger partial charge >= 0.3 is 0 Å². The maximum Gasteiger partial charge on any atom is 0.200 e. The molecule has 0 amide bonds. The average Bonchev–Trinajstić information content (AvgIpc) is 2.82. The molecule has 0 aliphatic heterocycles. The minimum atomic E-state index is -0.519. The number of fused-ring (bicyclic) bond motifs is 2. The number of phenolic OH excluding ortho intramolecular Hbond substituents is 2. The van der Waals surface area contributed by atoms with E-state index in [1.807, 2.05) is 13.8 Å². The minimum Gasteiger partial charge on any atom is -0.507 e. The Hall–Kier alpha value is -3.14. The van der Waals surface area contributed by atoms with Crippen LogP contribution in [0.15, 0.2) is 24.3 Å². The average molecular weight is 460 g/mol. The second-order valence-corrected chi connectivity index (χ2v) is 7.47. The lowest BCUT2D eigenvalue weighted by Gasteiger charge is -2.24. The second-order valence-electron chi connectivity index (χ2n) is 7.47. The summed E-state index contributed by atoms with van der Waals surface area (Å²) in [5, 5.41) is 46.5. The molecular formula is C24H33N3O6. The molecule has 0 radical (unpaired) electrons. The standard InChI is InChI=1S/C21H25N3O5.C3H8O/c1-2-7-23-12-3-4-13(24-9-8-22-10-11-25)17-16(12)20(28)18-14(26)5-6-15(27)19(18)21(17)29;1-2-3-4/h3-6,22-27H,2,7-11H2,1H3;4H,2-3H2,1H3. The van der Waals surface area contributed by atoms with Gasteiger partial charge in [0.25, 0.3) is 0 Å². The highest BCUT2D eigenvalue weighted by Crippen LogP contribution is 2.42. The number of aromatic hydroxyl groups is 2. The molecule has 7 N–H and O–H groups in total. The van der Waals surface area contributed by atoms with Crippen LogP contribution in [0.5, 0.6) is 11.5 Å². The molecule has 0 spiro atoms. The maximum atomic E-state index is 13.3. The van der Waals surface area contributed by atoms with Gasteiger partial charge in [-0.05, 0) is 37.1 Å². The van der Waals surface area contributed by atoms with Crippen molar-refractivity contribution in [3.05, 3.63) is 46.5 Å². The van der Waals surface area contributed by atoms with E-state index >= 15 is 0 Å². The van der Waals surface area contributed by atoms with Crippen LogP contribution < -0.4 is 16.0 Å². The SMILES string of the molecule is CCCNc1ccc(NCCNCCO)c2c1C(=O)c1c(O)ccc(O)c1C2=O.CCCO. The fraction of sp³-hybridized carbons (Fsp3) is 0.417. The number of benzene rings is 2. The smallest absolute Gasteiger partial charge is 0.200 e. The quantitative estimate of drug-likeness (QED) is 0.178. The predicted octanol–water partition coefficient (Wildman–Crippen LogP) is 2.08. The van der Waals surface area contributed by atoms with Gasteiger partial charge in [0.1, 0.15) is 11.5 Å². The van der Waals surface area contributed by atoms with Gasteiger partial charge in [-0.1, -0.05) is 13.8 Å². The van der Waals surface area contributed by atoms with E-state index < -0.39 is 11.6 Å². The summed E-state index contributed by atoms with van der Waals surface area (Å²) in [6.45, 7) is 6.35. The molecule has 0 bridgehead atoms. The van der Waals surface area contributed by atoms with Gasteiger partial charge in [-0.15, -0.1) is 0 Å². The lowest BCUT2D eigenvalue weighted by atomic mass is 9.81. The van der Waals surface area contributed by atoms with Crippen molar-refractivity contribution in [1.29, 1.82) is 0 Å². The van der Waals surface area contributed by atoms with Gasteiger partial charge in [-0.3, -0.25) is 9.59 Å². The van der Waals surface area contributed by atoms with Crippen LogP contribution in [0.3, 0.4) is 0 Å². The first-order valence-electron chi connectivity index (χ1n) is 11.1. The molecule has 1 aliphatic rings. The van der Waals surface area contributed by atoms with E-state index in [1.54, 1.807) is 12.1 Å². The third-order valence-corrected chi connectivity index (χ3v) is 4.97. The van der Waals surface area contributed by atoms with Gasteiger partial charge in [-0.2, -0.15) is 0 Å². The Morgan fingerprint density at radius 3 is 1.55 bits per heavy atom. The van der Waals surface area contributed by atoms with Gasteiger partial charge in [-0.25, -0.2) is 0 Å². The van der Waals surface area contributed by atoms with Crippen molar-refractivity contribution < 1.29 is 30.0 Å². The third kappa shape index (κ3) is 6.01. The Labute approximate surface area is 193 Å². The van der Waals surface area contributed by atoms with E-state index in [9.17, 15) is 19.8 Å². The van der Waals surface area contributed by atoms with E-state index in [1.165, 1.54) is 12.1 Å². The van der Waals surface area contributed by atoms with Gasteiger partial charge in [0.15, 0.2) is 0 Å². The molecule has 180 valence electrons. The largest absolute Gasteiger partial charge is 0.507 e. The van der Waals surface area contributed by atoms with Gasteiger partial charge < -0.3 is 36.4 Å². The highest BCUT2D eigenvalue weighted by molar-refractivity contribution is 6.33. The lowest BCUT2D eigenvalue weighted by molar-refractivity contribution is 0.0975. The number of aliphatic hydroxyl groups excluding tert-OH is 2. The van der Waals surface area contributed by atoms with Crippen LogP contribution in [0.25, 0.3) is 0 Å². The maximum absolute atomic E-state index is 13.3. The number of hydrogen-bond donors (Lipinski definition) is 7. The summed E-state index contributed by atoms with van der Waals surface area (Å²) in [5.74, 6) is -1.71. The van der Waals surface area contributed by atoms with Crippen molar-refractivity contribution in [3.8, 4) is 11.5 Å². The lowest BCUT2D eigenvalue weighted by Crippen LogP contribution is -2.27. The third-order valence-electron chi connectivity index (χ3n) is 4.97. The first-order valence-corrected chi connectivity index (χ1v) is 11.1. The Bertz CT molecular complexity index is 975. The molecule has 2 aromatic carbocycles. The van der Waals surface area contributed by atoms with Crippen molar-refractivity contribution in [2.75, 3.05) is 50.0 Å². The molecule has 2 aromatic rings. The number of carbonyl (C=O) groups is 2. The van der Waals surface area contributed by atoms with Crippen LogP contribution in [0, 0.1) is 0 Å². The molecule has 0 fully saturated rings. The number of phenols is 2. The molecule has 0 atom stereocenters. The predicted molar refractivity (Wildman–Crippen MR) is 128 cm³/mol. The summed E-state index contributed by atoms with van der Waals surface area (Å²) < 4.78 is 0. The number of anilines is 2. The van der Waals surface area contributed by atoms with E-state index in [-0.39, 0.29) is 40.4 Å². The Morgan fingerprint density at radius 1 is 0.636 bits per heavy atom. The molecule has 9 nitrogen and oxygen atoms in total. The summed E-state index contributed by atoms with van der Waals surface area (Å²) >= 11 is 0. The van der Waals surface area contributed by atoms with Crippen molar-refractivity contribution in [3.63, 3.8) is 0 Å². The van der Waals surface area contributed by atoms with E-state index in [0.717, 1.165) is 12.8 Å². The van der Waals surface area contributed by atoms with Gasteiger partial charge in [0.2, 0.25) is 11.6 Å². The zero-order valence-electron chi connectivity index (χ0n) is 19.1. The number of nitrogens with one attached hydrogen (secondary N) is 3. The molecule has 3 rings (SSSR count). The van der Waals surface area contributed by atoms with Gasteiger partial charge in [0, 0.05) is 44.2 Å². The first kappa shape index (κ1) is 26.1. The topological polar surface area (TPSA) is 151 Å². The van der Waals surface area contributed by atoms with Crippen molar-refractivity contribution in [2.24, 2.45) is 0 Å². The Kier molecular flexibility index (Phi) is 10.1. The second kappa shape index (κ2) is 12.8. The molecule has 0 saturated heterocycles. The van der Waals surface area contributed by atoms with Crippen molar-refractivity contribution in [1.82, 2.24) is 5.32 Å². The van der Waals surface area contributed by atoms with Crippen LogP contribution >= 0.6 is 0 Å². The zero-order chi connectivity index (χ0) is 24.4. The van der Waals surface area contributed by atoms with Gasteiger partial charge in [0.05, 0.1) is 28.9 Å². The highest BCUT2D eigenvalue weighted by Gasteiger charge is 2.37. The van der Waals surface area contributed by atoms with Crippen LogP contribution in [-0.4, -0.2) is 71.4 Å². The number of carbonyl (C=O) groups excluding carboxylic acids is 2. The number of aliphatic hydroxyl groups is 2. The fourth-order valence-corrected chi connectivity index (χ4v) is 3.41. The van der Waals surface area contributed by atoms with Crippen molar-refractivity contribution >= 4 is 22.9 Å². The first-order chi connectivity index (χ1) is 15.9. The Morgan fingerprint density at radius 2 is 1.12 bits per heavy atom. The van der Waals surface area contributed by atoms with Crippen LogP contribution in [0.4, 0.5) is 11.4 Å². The molecule has 33 heavy (non-hydrogen) atoms. The summed E-state index contributed by atoms with van der Waals surface area (Å²) in [4.78, 5) is 26.5. The van der Waals surface area contributed by atoms with Crippen LogP contribution in [-0.2, 0) is 0 Å². The van der Waals surface area contributed by atoms with E-state index in [2.05, 4.69) is 16.0 Å². The molecule has 0 aromatic heterocycles. The number of ketones is 2. The number of hydrogen-bond acceptors (Lipinski definition) is 9. The molecule has 9 heteroatoms.